The fourth-order valence-corrected chi connectivity index (χ4v) is 2.12. The molecule has 0 aliphatic heterocycles. The van der Waals surface area contributed by atoms with Crippen LogP contribution in [-0.4, -0.2) is 37.6 Å². The van der Waals surface area contributed by atoms with Crippen molar-refractivity contribution < 1.29 is 9.53 Å². The molecule has 1 aromatic carbocycles. The molecule has 0 radical (unpaired) electrons. The Hall–Kier alpha value is -1.38. The van der Waals surface area contributed by atoms with Crippen molar-refractivity contribution >= 4 is 21.8 Å². The van der Waals surface area contributed by atoms with Crippen LogP contribution in [0.5, 0.6) is 0 Å². The standard InChI is InChI=1S/C14H17BrN2O2/c1-11-5-3-6-12(13(11)15)14(18)17(8-4-7-16)9-10-19-2/h3,5-6H,4,8-10H2,1-2H3. The minimum absolute atomic E-state index is 0.0807. The van der Waals surface area contributed by atoms with Gasteiger partial charge in [-0.15, -0.1) is 0 Å². The number of ether oxygens (including phenoxy) is 1. The van der Waals surface area contributed by atoms with E-state index in [0.29, 0.717) is 31.7 Å². The van der Waals surface area contributed by atoms with Crippen LogP contribution in [0.1, 0.15) is 22.3 Å². The number of amides is 1. The van der Waals surface area contributed by atoms with Gasteiger partial charge in [0.25, 0.3) is 5.91 Å². The van der Waals surface area contributed by atoms with Crippen molar-refractivity contribution in [1.29, 1.82) is 5.26 Å². The van der Waals surface area contributed by atoms with Crippen LogP contribution in [0.15, 0.2) is 22.7 Å². The average Bonchev–Trinajstić information content (AvgIpc) is 2.41. The van der Waals surface area contributed by atoms with Gasteiger partial charge in [-0.1, -0.05) is 12.1 Å². The van der Waals surface area contributed by atoms with E-state index in [1.165, 1.54) is 0 Å². The predicted molar refractivity (Wildman–Crippen MR) is 76.9 cm³/mol. The van der Waals surface area contributed by atoms with Crippen molar-refractivity contribution in [2.24, 2.45) is 0 Å². The highest BCUT2D eigenvalue weighted by molar-refractivity contribution is 9.10. The maximum atomic E-state index is 12.5. The first-order chi connectivity index (χ1) is 9.11. The molecule has 0 atom stereocenters. The van der Waals surface area contributed by atoms with Crippen LogP contribution in [0.4, 0.5) is 0 Å². The van der Waals surface area contributed by atoms with Crippen LogP contribution in [0.3, 0.4) is 0 Å². The van der Waals surface area contributed by atoms with E-state index in [2.05, 4.69) is 22.0 Å². The Kier molecular flexibility index (Phi) is 6.54. The lowest BCUT2D eigenvalue weighted by molar-refractivity contribution is 0.0699. The molecule has 0 bridgehead atoms. The van der Waals surface area contributed by atoms with Crippen LogP contribution in [-0.2, 0) is 4.74 Å². The van der Waals surface area contributed by atoms with Gasteiger partial charge in [-0.25, -0.2) is 0 Å². The van der Waals surface area contributed by atoms with Gasteiger partial charge in [-0.2, -0.15) is 5.26 Å². The second kappa shape index (κ2) is 7.93. The highest BCUT2D eigenvalue weighted by Crippen LogP contribution is 2.22. The smallest absolute Gasteiger partial charge is 0.255 e. The van der Waals surface area contributed by atoms with Crippen LogP contribution in [0.25, 0.3) is 0 Å². The molecule has 5 heteroatoms. The average molecular weight is 325 g/mol. The molecule has 0 saturated carbocycles. The zero-order chi connectivity index (χ0) is 14.3. The van der Waals surface area contributed by atoms with E-state index in [1.54, 1.807) is 18.1 Å². The summed E-state index contributed by atoms with van der Waals surface area (Å²) in [4.78, 5) is 14.1. The van der Waals surface area contributed by atoms with Crippen molar-refractivity contribution in [1.82, 2.24) is 4.90 Å². The molecule has 0 saturated heterocycles. The number of halogens is 1. The number of benzene rings is 1. The second-order valence-corrected chi connectivity index (χ2v) is 4.92. The Labute approximate surface area is 122 Å². The summed E-state index contributed by atoms with van der Waals surface area (Å²) in [6.45, 7) is 3.30. The molecule has 1 aromatic rings. The minimum atomic E-state index is -0.0807. The zero-order valence-electron chi connectivity index (χ0n) is 11.1. The number of methoxy groups -OCH3 is 1. The molecule has 1 rings (SSSR count). The molecule has 1 amide bonds. The summed E-state index contributed by atoms with van der Waals surface area (Å²) in [6.07, 6.45) is 0.318. The molecule has 0 aliphatic rings. The second-order valence-electron chi connectivity index (χ2n) is 4.13. The Bertz CT molecular complexity index is 483. The fourth-order valence-electron chi connectivity index (χ4n) is 1.68. The number of aryl methyl sites for hydroxylation is 1. The monoisotopic (exact) mass is 324 g/mol. The third kappa shape index (κ3) is 4.34. The number of hydrogen-bond acceptors (Lipinski definition) is 3. The van der Waals surface area contributed by atoms with Crippen LogP contribution < -0.4 is 0 Å². The van der Waals surface area contributed by atoms with Crippen LogP contribution in [0.2, 0.25) is 0 Å². The number of nitriles is 1. The van der Waals surface area contributed by atoms with Gasteiger partial charge in [-0.3, -0.25) is 4.79 Å². The molecule has 4 nitrogen and oxygen atoms in total. The summed E-state index contributed by atoms with van der Waals surface area (Å²) in [7, 11) is 1.59. The van der Waals surface area contributed by atoms with Gasteiger partial charge in [-0.05, 0) is 34.5 Å². The maximum absolute atomic E-state index is 12.5. The first-order valence-corrected chi connectivity index (χ1v) is 6.81. The molecule has 0 heterocycles. The minimum Gasteiger partial charge on any atom is -0.383 e. The summed E-state index contributed by atoms with van der Waals surface area (Å²) >= 11 is 3.44. The molecule has 102 valence electrons. The molecule has 0 aromatic heterocycles. The van der Waals surface area contributed by atoms with Crippen molar-refractivity contribution in [2.75, 3.05) is 26.8 Å². The third-order valence-corrected chi connectivity index (χ3v) is 3.82. The molecule has 0 spiro atoms. The summed E-state index contributed by atoms with van der Waals surface area (Å²) < 4.78 is 5.81. The van der Waals surface area contributed by atoms with E-state index in [1.807, 2.05) is 19.1 Å². The Morgan fingerprint density at radius 1 is 1.47 bits per heavy atom. The molecule has 19 heavy (non-hydrogen) atoms. The van der Waals surface area contributed by atoms with Gasteiger partial charge < -0.3 is 9.64 Å². The van der Waals surface area contributed by atoms with Gasteiger partial charge in [0.2, 0.25) is 0 Å². The largest absolute Gasteiger partial charge is 0.383 e. The third-order valence-electron chi connectivity index (χ3n) is 2.77. The number of carbonyl (C=O) groups excluding carboxylic acids is 1. The highest BCUT2D eigenvalue weighted by Gasteiger charge is 2.18. The lowest BCUT2D eigenvalue weighted by Crippen LogP contribution is -2.35. The van der Waals surface area contributed by atoms with Gasteiger partial charge in [0.15, 0.2) is 0 Å². The highest BCUT2D eigenvalue weighted by atomic mass is 79.9. The topological polar surface area (TPSA) is 53.3 Å². The van der Waals surface area contributed by atoms with E-state index >= 15 is 0 Å². The lowest BCUT2D eigenvalue weighted by atomic mass is 10.1. The molecule has 0 fully saturated rings. The number of hydrogen-bond donors (Lipinski definition) is 0. The van der Waals surface area contributed by atoms with Gasteiger partial charge in [0.05, 0.1) is 24.7 Å². The van der Waals surface area contributed by atoms with Crippen molar-refractivity contribution in [3.63, 3.8) is 0 Å². The first kappa shape index (κ1) is 15.7. The van der Waals surface area contributed by atoms with E-state index in [4.69, 9.17) is 10.00 Å². The van der Waals surface area contributed by atoms with Gasteiger partial charge >= 0.3 is 0 Å². The SMILES string of the molecule is COCCN(CCC#N)C(=O)c1cccc(C)c1Br. The summed E-state index contributed by atoms with van der Waals surface area (Å²) in [5.74, 6) is -0.0807. The quantitative estimate of drug-likeness (QED) is 0.808. The zero-order valence-corrected chi connectivity index (χ0v) is 12.7. The van der Waals surface area contributed by atoms with E-state index in [-0.39, 0.29) is 5.91 Å². The molecule has 0 unspecified atom stereocenters. The number of rotatable bonds is 6. The first-order valence-electron chi connectivity index (χ1n) is 6.02. The van der Waals surface area contributed by atoms with Crippen molar-refractivity contribution in [2.45, 2.75) is 13.3 Å². The summed E-state index contributed by atoms with van der Waals surface area (Å²) in [5, 5.41) is 8.66. The van der Waals surface area contributed by atoms with Crippen LogP contribution in [0, 0.1) is 18.3 Å². The maximum Gasteiger partial charge on any atom is 0.255 e. The van der Waals surface area contributed by atoms with Gasteiger partial charge in [0.1, 0.15) is 0 Å². The van der Waals surface area contributed by atoms with E-state index in [9.17, 15) is 4.79 Å². The van der Waals surface area contributed by atoms with Gasteiger partial charge in [0, 0.05) is 24.7 Å². The predicted octanol–water partition coefficient (Wildman–Crippen LogP) is 2.76. The Morgan fingerprint density at radius 3 is 2.84 bits per heavy atom. The van der Waals surface area contributed by atoms with E-state index in [0.717, 1.165) is 10.0 Å². The van der Waals surface area contributed by atoms with Crippen molar-refractivity contribution in [3.05, 3.63) is 33.8 Å². The fraction of sp³-hybridized carbons (Fsp3) is 0.429. The van der Waals surface area contributed by atoms with Crippen molar-refractivity contribution in [3.8, 4) is 6.07 Å². The Balaban J connectivity index is 2.91. The molecular formula is C14H17BrN2O2. The molecular weight excluding hydrogens is 308 g/mol. The number of carbonyl (C=O) groups is 1. The summed E-state index contributed by atoms with van der Waals surface area (Å²) in [6, 6.07) is 7.64. The number of nitrogens with zero attached hydrogens (tertiary/aromatic N) is 2. The Morgan fingerprint density at radius 2 is 2.21 bits per heavy atom. The summed E-state index contributed by atoms with van der Waals surface area (Å²) in [5.41, 5.74) is 1.63. The molecule has 0 aliphatic carbocycles. The lowest BCUT2D eigenvalue weighted by Gasteiger charge is -2.22. The normalized spacial score (nSPS) is 10.0. The van der Waals surface area contributed by atoms with E-state index < -0.39 is 0 Å². The molecule has 0 N–H and O–H groups in total. The van der Waals surface area contributed by atoms with Crippen LogP contribution >= 0.6 is 15.9 Å².